The van der Waals surface area contributed by atoms with Crippen LogP contribution in [-0.2, 0) is 11.3 Å². The summed E-state index contributed by atoms with van der Waals surface area (Å²) in [6.45, 7) is 1.01. The fraction of sp³-hybridized carbons (Fsp3) is 0.182. The zero-order valence-electron chi connectivity index (χ0n) is 16.3. The van der Waals surface area contributed by atoms with E-state index in [1.165, 1.54) is 4.88 Å². The molecule has 0 atom stereocenters. The molecule has 3 aromatic rings. The number of amides is 2. The van der Waals surface area contributed by atoms with Gasteiger partial charge in [0.1, 0.15) is 5.75 Å². The summed E-state index contributed by atoms with van der Waals surface area (Å²) < 4.78 is 5.24. The lowest BCUT2D eigenvalue weighted by atomic mass is 10.2. The molecule has 2 N–H and O–H groups in total. The molecule has 0 radical (unpaired) electrons. The molecule has 0 saturated heterocycles. The average Bonchev–Trinajstić information content (AvgIpc) is 3.21. The number of rotatable bonds is 8. The fourth-order valence-corrected chi connectivity index (χ4v) is 3.60. The number of ether oxygens (including phenoxy) is 1. The second-order valence-electron chi connectivity index (χ2n) is 6.53. The van der Waals surface area contributed by atoms with E-state index >= 15 is 0 Å². The molecule has 0 saturated carbocycles. The molecule has 2 aromatic carbocycles. The Morgan fingerprint density at radius 3 is 2.45 bits per heavy atom. The second-order valence-corrected chi connectivity index (χ2v) is 7.56. The maximum atomic E-state index is 12.5. The molecule has 6 nitrogen and oxygen atoms in total. The summed E-state index contributed by atoms with van der Waals surface area (Å²) in [5.74, 6) is 0.245. The van der Waals surface area contributed by atoms with Gasteiger partial charge in [-0.15, -0.1) is 11.3 Å². The van der Waals surface area contributed by atoms with Gasteiger partial charge in [-0.25, -0.2) is 0 Å². The van der Waals surface area contributed by atoms with Crippen molar-refractivity contribution in [1.82, 2.24) is 4.90 Å². The number of carbonyl (C=O) groups excluding carboxylic acids is 2. The molecule has 0 fully saturated rings. The van der Waals surface area contributed by atoms with E-state index in [-0.39, 0.29) is 18.4 Å². The van der Waals surface area contributed by atoms with Gasteiger partial charge in [0.25, 0.3) is 5.91 Å². The maximum Gasteiger partial charge on any atom is 0.255 e. The van der Waals surface area contributed by atoms with Gasteiger partial charge >= 0.3 is 0 Å². The summed E-state index contributed by atoms with van der Waals surface area (Å²) in [5.41, 5.74) is 1.74. The molecule has 1 aromatic heterocycles. The van der Waals surface area contributed by atoms with Crippen LogP contribution in [0.1, 0.15) is 15.2 Å². The Balaban J connectivity index is 1.54. The van der Waals surface area contributed by atoms with E-state index in [1.807, 2.05) is 41.6 Å². The topological polar surface area (TPSA) is 70.7 Å². The van der Waals surface area contributed by atoms with Crippen molar-refractivity contribution < 1.29 is 14.3 Å². The number of nitrogens with one attached hydrogen (secondary N) is 2. The summed E-state index contributed by atoms with van der Waals surface area (Å²) in [5, 5.41) is 7.71. The molecule has 0 aliphatic rings. The van der Waals surface area contributed by atoms with Crippen LogP contribution in [0.3, 0.4) is 0 Å². The lowest BCUT2D eigenvalue weighted by Crippen LogP contribution is -2.29. The predicted molar refractivity (Wildman–Crippen MR) is 117 cm³/mol. The first kappa shape index (κ1) is 20.6. The highest BCUT2D eigenvalue weighted by Crippen LogP contribution is 2.23. The van der Waals surface area contributed by atoms with Crippen molar-refractivity contribution in [3.63, 3.8) is 0 Å². The lowest BCUT2D eigenvalue weighted by molar-refractivity contribution is -0.117. The van der Waals surface area contributed by atoms with E-state index in [2.05, 4.69) is 10.6 Å². The number of methoxy groups -OCH3 is 1. The van der Waals surface area contributed by atoms with Gasteiger partial charge in [0.2, 0.25) is 5.91 Å². The van der Waals surface area contributed by atoms with Crippen molar-refractivity contribution in [2.45, 2.75) is 6.54 Å². The number of carbonyl (C=O) groups is 2. The SMILES string of the molecule is COc1ccccc1NC(=O)c1ccc(NC(=O)CN(C)Cc2cccs2)cc1. The fourth-order valence-electron chi connectivity index (χ4n) is 2.82. The Morgan fingerprint density at radius 1 is 1.00 bits per heavy atom. The Bertz CT molecular complexity index is 956. The minimum atomic E-state index is -0.247. The van der Waals surface area contributed by atoms with Crippen LogP contribution in [0.4, 0.5) is 11.4 Å². The first-order chi connectivity index (χ1) is 14.0. The Hall–Kier alpha value is -3.16. The summed E-state index contributed by atoms with van der Waals surface area (Å²) >= 11 is 1.67. The van der Waals surface area contributed by atoms with Gasteiger partial charge in [-0.1, -0.05) is 18.2 Å². The third-order valence-corrected chi connectivity index (χ3v) is 5.07. The van der Waals surface area contributed by atoms with E-state index in [0.29, 0.717) is 22.7 Å². The number of para-hydroxylation sites is 2. The van der Waals surface area contributed by atoms with Crippen molar-refractivity contribution in [3.8, 4) is 5.75 Å². The lowest BCUT2D eigenvalue weighted by Gasteiger charge is -2.15. The Morgan fingerprint density at radius 2 is 1.76 bits per heavy atom. The van der Waals surface area contributed by atoms with Gasteiger partial charge in [0.05, 0.1) is 19.3 Å². The van der Waals surface area contributed by atoms with E-state index in [4.69, 9.17) is 4.74 Å². The van der Waals surface area contributed by atoms with Crippen LogP contribution in [-0.4, -0.2) is 37.4 Å². The Kier molecular flexibility index (Phi) is 6.99. The van der Waals surface area contributed by atoms with Crippen LogP contribution in [0.2, 0.25) is 0 Å². The Labute approximate surface area is 174 Å². The number of nitrogens with zero attached hydrogens (tertiary/aromatic N) is 1. The molecule has 0 unspecified atom stereocenters. The van der Waals surface area contributed by atoms with Crippen LogP contribution < -0.4 is 15.4 Å². The van der Waals surface area contributed by atoms with Crippen molar-refractivity contribution in [1.29, 1.82) is 0 Å². The first-order valence-electron chi connectivity index (χ1n) is 9.10. The number of anilines is 2. The monoisotopic (exact) mass is 409 g/mol. The standard InChI is InChI=1S/C22H23N3O3S/c1-25(14-18-6-5-13-29-18)15-21(26)23-17-11-9-16(10-12-17)22(27)24-19-7-3-4-8-20(19)28-2/h3-13H,14-15H2,1-2H3,(H,23,26)(H,24,27). The quantitative estimate of drug-likeness (QED) is 0.588. The predicted octanol–water partition coefficient (Wildman–Crippen LogP) is 4.08. The summed E-state index contributed by atoms with van der Waals surface area (Å²) in [4.78, 5) is 27.9. The highest BCUT2D eigenvalue weighted by Gasteiger charge is 2.11. The summed E-state index contributed by atoms with van der Waals surface area (Å²) in [6.07, 6.45) is 0. The molecule has 0 aliphatic carbocycles. The molecule has 7 heteroatoms. The van der Waals surface area contributed by atoms with Crippen molar-refractivity contribution in [2.24, 2.45) is 0 Å². The second kappa shape index (κ2) is 9.86. The first-order valence-corrected chi connectivity index (χ1v) is 9.98. The molecule has 3 rings (SSSR count). The highest BCUT2D eigenvalue weighted by molar-refractivity contribution is 7.09. The van der Waals surface area contributed by atoms with Crippen LogP contribution in [0.15, 0.2) is 66.0 Å². The molecule has 1 heterocycles. The number of benzene rings is 2. The zero-order chi connectivity index (χ0) is 20.6. The van der Waals surface area contributed by atoms with Crippen LogP contribution in [0.5, 0.6) is 5.75 Å². The zero-order valence-corrected chi connectivity index (χ0v) is 17.2. The molecule has 0 spiro atoms. The molecular formula is C22H23N3O3S. The van der Waals surface area contributed by atoms with Gasteiger partial charge < -0.3 is 15.4 Å². The number of hydrogen-bond acceptors (Lipinski definition) is 5. The smallest absolute Gasteiger partial charge is 0.255 e. The van der Waals surface area contributed by atoms with E-state index in [1.54, 1.807) is 54.8 Å². The van der Waals surface area contributed by atoms with Crippen molar-refractivity contribution >= 4 is 34.5 Å². The molecule has 150 valence electrons. The molecule has 29 heavy (non-hydrogen) atoms. The van der Waals surface area contributed by atoms with Crippen LogP contribution in [0.25, 0.3) is 0 Å². The average molecular weight is 410 g/mol. The number of thiophene rings is 1. The maximum absolute atomic E-state index is 12.5. The minimum Gasteiger partial charge on any atom is -0.495 e. The highest BCUT2D eigenvalue weighted by atomic mass is 32.1. The third-order valence-electron chi connectivity index (χ3n) is 4.21. The summed E-state index contributed by atoms with van der Waals surface area (Å²) in [7, 11) is 3.46. The normalized spacial score (nSPS) is 10.6. The largest absolute Gasteiger partial charge is 0.495 e. The van der Waals surface area contributed by atoms with E-state index in [9.17, 15) is 9.59 Å². The van der Waals surface area contributed by atoms with Crippen molar-refractivity contribution in [2.75, 3.05) is 31.3 Å². The molecule has 2 amide bonds. The van der Waals surface area contributed by atoms with Crippen molar-refractivity contribution in [3.05, 3.63) is 76.5 Å². The van der Waals surface area contributed by atoms with Gasteiger partial charge in [-0.2, -0.15) is 0 Å². The van der Waals surface area contributed by atoms with E-state index in [0.717, 1.165) is 6.54 Å². The third kappa shape index (κ3) is 5.91. The number of hydrogen-bond donors (Lipinski definition) is 2. The van der Waals surface area contributed by atoms with Crippen LogP contribution in [0, 0.1) is 0 Å². The summed E-state index contributed by atoms with van der Waals surface area (Å²) in [6, 6.07) is 18.1. The van der Waals surface area contributed by atoms with E-state index < -0.39 is 0 Å². The molecule has 0 bridgehead atoms. The van der Waals surface area contributed by atoms with Gasteiger partial charge in [-0.05, 0) is 54.9 Å². The molecule has 0 aliphatic heterocycles. The van der Waals surface area contributed by atoms with Gasteiger partial charge in [0, 0.05) is 22.7 Å². The van der Waals surface area contributed by atoms with Gasteiger partial charge in [-0.3, -0.25) is 14.5 Å². The minimum absolute atomic E-state index is 0.102. The van der Waals surface area contributed by atoms with Gasteiger partial charge in [0.15, 0.2) is 0 Å². The molecular weight excluding hydrogens is 386 g/mol. The number of likely N-dealkylation sites (N-methyl/N-ethyl adjacent to an activating group) is 1. The van der Waals surface area contributed by atoms with Crippen LogP contribution >= 0.6 is 11.3 Å².